The number of carbonyl (C=O) groups excluding carboxylic acids is 1. The average molecular weight is 393 g/mol. The molecule has 0 unspecified atom stereocenters. The molecule has 0 spiro atoms. The Morgan fingerprint density at radius 1 is 1.07 bits per heavy atom. The van der Waals surface area contributed by atoms with E-state index in [0.29, 0.717) is 22.8 Å². The lowest BCUT2D eigenvalue weighted by atomic mass is 10.0. The second kappa shape index (κ2) is 7.40. The Balaban J connectivity index is 1.43. The molecule has 0 aliphatic heterocycles. The number of anilines is 1. The van der Waals surface area contributed by atoms with Gasteiger partial charge in [0.25, 0.3) is 5.91 Å². The van der Waals surface area contributed by atoms with Crippen molar-refractivity contribution in [3.05, 3.63) is 89.9 Å². The number of rotatable bonds is 4. The van der Waals surface area contributed by atoms with Crippen LogP contribution in [0, 0.1) is 0 Å². The minimum Gasteiger partial charge on any atom is -0.317 e. The van der Waals surface area contributed by atoms with Crippen LogP contribution in [0.2, 0.25) is 0 Å². The predicted octanol–water partition coefficient (Wildman–Crippen LogP) is 4.37. The predicted molar refractivity (Wildman–Crippen MR) is 117 cm³/mol. The van der Waals surface area contributed by atoms with Crippen molar-refractivity contribution in [3.63, 3.8) is 0 Å². The molecule has 5 rings (SSSR count). The van der Waals surface area contributed by atoms with Crippen LogP contribution < -0.4 is 5.32 Å². The molecular formula is C24H19N5O. The number of nitrogens with one attached hydrogen (secondary N) is 1. The Morgan fingerprint density at radius 3 is 2.83 bits per heavy atom. The van der Waals surface area contributed by atoms with Crippen molar-refractivity contribution in [2.75, 3.05) is 5.32 Å². The summed E-state index contributed by atoms with van der Waals surface area (Å²) in [7, 11) is 1.81. The van der Waals surface area contributed by atoms with E-state index in [9.17, 15) is 4.79 Å². The quantitative estimate of drug-likeness (QED) is 0.559. The number of nitrogens with zero attached hydrogens (tertiary/aromatic N) is 4. The smallest absolute Gasteiger partial charge is 0.274 e. The Morgan fingerprint density at radius 2 is 1.97 bits per heavy atom. The van der Waals surface area contributed by atoms with Gasteiger partial charge in [-0.3, -0.25) is 14.5 Å². The molecule has 3 aromatic heterocycles. The first-order chi connectivity index (χ1) is 14.7. The van der Waals surface area contributed by atoms with Crippen LogP contribution in [0.5, 0.6) is 0 Å². The Hall–Kier alpha value is -4.06. The molecule has 0 radical (unpaired) electrons. The first-order valence-electron chi connectivity index (χ1n) is 9.71. The molecule has 6 heteroatoms. The number of carbonyl (C=O) groups is 1. The molecule has 30 heavy (non-hydrogen) atoms. The fourth-order valence-corrected chi connectivity index (χ4v) is 3.59. The minimum atomic E-state index is -0.289. The Labute approximate surface area is 173 Å². The molecule has 4 aromatic rings. The van der Waals surface area contributed by atoms with Crippen LogP contribution in [0.25, 0.3) is 28.7 Å². The van der Waals surface area contributed by atoms with Gasteiger partial charge in [0.05, 0.1) is 17.1 Å². The Kier molecular flexibility index (Phi) is 4.44. The number of pyridine rings is 2. The average Bonchev–Trinajstić information content (AvgIpc) is 3.40. The number of aromatic nitrogens is 4. The van der Waals surface area contributed by atoms with Crippen molar-refractivity contribution >= 4 is 17.7 Å². The molecule has 1 aliphatic rings. The van der Waals surface area contributed by atoms with Crippen LogP contribution >= 0.6 is 0 Å². The molecule has 1 N–H and O–H groups in total. The number of benzene rings is 1. The number of fused-ring (bicyclic) bond motifs is 1. The summed E-state index contributed by atoms with van der Waals surface area (Å²) in [5.41, 5.74) is 6.53. The normalized spacial score (nSPS) is 12.0. The lowest BCUT2D eigenvalue weighted by Gasteiger charge is -2.08. The number of amides is 1. The summed E-state index contributed by atoms with van der Waals surface area (Å²) in [6.07, 6.45) is 8.70. The van der Waals surface area contributed by atoms with E-state index in [-0.39, 0.29) is 5.91 Å². The molecule has 146 valence electrons. The van der Waals surface area contributed by atoms with Gasteiger partial charge in [-0.05, 0) is 47.9 Å². The SMILES string of the molecule is Cn1cc(NC(=O)c2cccc(-c3ccc4c(c3)C=CC4)n2)c(-c2ccccn2)n1. The van der Waals surface area contributed by atoms with Gasteiger partial charge in [-0.15, -0.1) is 0 Å². The Bertz CT molecular complexity index is 1270. The van der Waals surface area contributed by atoms with Crippen molar-refractivity contribution in [2.24, 2.45) is 7.05 Å². The van der Waals surface area contributed by atoms with E-state index >= 15 is 0 Å². The van der Waals surface area contributed by atoms with Gasteiger partial charge in [0, 0.05) is 25.0 Å². The molecule has 1 aliphatic carbocycles. The van der Waals surface area contributed by atoms with Crippen molar-refractivity contribution < 1.29 is 4.79 Å². The third-order valence-corrected chi connectivity index (χ3v) is 5.04. The van der Waals surface area contributed by atoms with E-state index in [4.69, 9.17) is 0 Å². The van der Waals surface area contributed by atoms with E-state index in [1.165, 1.54) is 11.1 Å². The van der Waals surface area contributed by atoms with Crippen LogP contribution in [0.4, 0.5) is 5.69 Å². The van der Waals surface area contributed by atoms with Crippen molar-refractivity contribution in [1.82, 2.24) is 19.7 Å². The van der Waals surface area contributed by atoms with Gasteiger partial charge in [-0.1, -0.05) is 36.4 Å². The third kappa shape index (κ3) is 3.39. The summed E-state index contributed by atoms with van der Waals surface area (Å²) in [5, 5.41) is 7.37. The topological polar surface area (TPSA) is 72.7 Å². The summed E-state index contributed by atoms with van der Waals surface area (Å²) >= 11 is 0. The van der Waals surface area contributed by atoms with Gasteiger partial charge >= 0.3 is 0 Å². The molecule has 0 saturated heterocycles. The summed E-state index contributed by atoms with van der Waals surface area (Å²) in [5.74, 6) is -0.289. The largest absolute Gasteiger partial charge is 0.317 e. The summed E-state index contributed by atoms with van der Waals surface area (Å²) < 4.78 is 1.65. The van der Waals surface area contributed by atoms with Gasteiger partial charge in [0.15, 0.2) is 0 Å². The van der Waals surface area contributed by atoms with Gasteiger partial charge < -0.3 is 5.32 Å². The van der Waals surface area contributed by atoms with Crippen LogP contribution in [0.3, 0.4) is 0 Å². The molecule has 3 heterocycles. The number of aryl methyl sites for hydroxylation is 1. The number of allylic oxidation sites excluding steroid dienone is 1. The van der Waals surface area contributed by atoms with Crippen molar-refractivity contribution in [3.8, 4) is 22.6 Å². The maximum atomic E-state index is 12.9. The maximum Gasteiger partial charge on any atom is 0.274 e. The second-order valence-corrected chi connectivity index (χ2v) is 7.16. The zero-order valence-electron chi connectivity index (χ0n) is 16.4. The molecule has 1 amide bonds. The fourth-order valence-electron chi connectivity index (χ4n) is 3.59. The van der Waals surface area contributed by atoms with Gasteiger partial charge in [0.2, 0.25) is 0 Å². The minimum absolute atomic E-state index is 0.289. The monoisotopic (exact) mass is 393 g/mol. The molecule has 0 bridgehead atoms. The number of hydrogen-bond donors (Lipinski definition) is 1. The first kappa shape index (κ1) is 18.0. The maximum absolute atomic E-state index is 12.9. The third-order valence-electron chi connectivity index (χ3n) is 5.04. The summed E-state index contributed by atoms with van der Waals surface area (Å²) in [6.45, 7) is 0. The van der Waals surface area contributed by atoms with Gasteiger partial charge in [-0.25, -0.2) is 4.98 Å². The van der Waals surface area contributed by atoms with Gasteiger partial charge in [0.1, 0.15) is 11.4 Å². The zero-order valence-corrected chi connectivity index (χ0v) is 16.4. The summed E-state index contributed by atoms with van der Waals surface area (Å²) in [6, 6.07) is 17.4. The van der Waals surface area contributed by atoms with Crippen LogP contribution in [-0.4, -0.2) is 25.7 Å². The highest BCUT2D eigenvalue weighted by Crippen LogP contribution is 2.27. The molecule has 1 aromatic carbocycles. The molecule has 0 fully saturated rings. The second-order valence-electron chi connectivity index (χ2n) is 7.16. The zero-order chi connectivity index (χ0) is 20.5. The molecule has 0 saturated carbocycles. The van der Waals surface area contributed by atoms with Crippen LogP contribution in [-0.2, 0) is 13.5 Å². The summed E-state index contributed by atoms with van der Waals surface area (Å²) in [4.78, 5) is 21.9. The van der Waals surface area contributed by atoms with E-state index in [1.54, 1.807) is 23.1 Å². The molecule has 0 atom stereocenters. The highest BCUT2D eigenvalue weighted by Gasteiger charge is 2.16. The standard InChI is InChI=1S/C24H19N5O/c1-29-15-22(23(28-29)20-8-2-3-13-25-20)27-24(30)21-10-5-9-19(26-21)18-12-11-16-6-4-7-17(16)14-18/h2-5,7-15H,6H2,1H3,(H,27,30). The van der Waals surface area contributed by atoms with Crippen LogP contribution in [0.15, 0.2) is 73.1 Å². The molecular weight excluding hydrogens is 374 g/mol. The highest BCUT2D eigenvalue weighted by atomic mass is 16.1. The fraction of sp³-hybridized carbons (Fsp3) is 0.0833. The molecule has 6 nitrogen and oxygen atoms in total. The van der Waals surface area contributed by atoms with E-state index in [2.05, 4.69) is 50.7 Å². The van der Waals surface area contributed by atoms with Gasteiger partial charge in [-0.2, -0.15) is 5.10 Å². The lowest BCUT2D eigenvalue weighted by Crippen LogP contribution is -2.14. The van der Waals surface area contributed by atoms with E-state index in [0.717, 1.165) is 17.7 Å². The van der Waals surface area contributed by atoms with E-state index in [1.807, 2.05) is 37.4 Å². The first-order valence-corrected chi connectivity index (χ1v) is 9.71. The lowest BCUT2D eigenvalue weighted by molar-refractivity contribution is 0.102. The van der Waals surface area contributed by atoms with E-state index < -0.39 is 0 Å². The van der Waals surface area contributed by atoms with Crippen molar-refractivity contribution in [1.29, 1.82) is 0 Å². The van der Waals surface area contributed by atoms with Crippen LogP contribution in [0.1, 0.15) is 21.6 Å². The van der Waals surface area contributed by atoms with Crippen molar-refractivity contribution in [2.45, 2.75) is 6.42 Å². The highest BCUT2D eigenvalue weighted by molar-refractivity contribution is 6.04. The number of hydrogen-bond acceptors (Lipinski definition) is 4.